The minimum atomic E-state index is -0.575. The van der Waals surface area contributed by atoms with E-state index in [1.165, 1.54) is 29.4 Å². The summed E-state index contributed by atoms with van der Waals surface area (Å²) in [6, 6.07) is 13.8. The Hall–Kier alpha value is -3.74. The minimum Gasteiger partial charge on any atom is -0.467 e. The van der Waals surface area contributed by atoms with Crippen molar-refractivity contribution in [3.63, 3.8) is 0 Å². The predicted molar refractivity (Wildman–Crippen MR) is 101 cm³/mol. The molecule has 0 saturated carbocycles. The van der Waals surface area contributed by atoms with Gasteiger partial charge in [0.25, 0.3) is 5.91 Å². The first-order chi connectivity index (χ1) is 14.0. The second-order valence-corrected chi connectivity index (χ2v) is 6.49. The summed E-state index contributed by atoms with van der Waals surface area (Å²) in [7, 11) is 0. The van der Waals surface area contributed by atoms with Gasteiger partial charge in [-0.3, -0.25) is 9.59 Å². The van der Waals surface area contributed by atoms with Crippen LogP contribution in [0.1, 0.15) is 21.9 Å². The van der Waals surface area contributed by atoms with Crippen LogP contribution in [0.4, 0.5) is 8.78 Å². The Morgan fingerprint density at radius 1 is 0.931 bits per heavy atom. The fourth-order valence-corrected chi connectivity index (χ4v) is 3.04. The van der Waals surface area contributed by atoms with Gasteiger partial charge >= 0.3 is 0 Å². The molecule has 0 fully saturated rings. The van der Waals surface area contributed by atoms with E-state index in [4.69, 9.17) is 8.83 Å². The summed E-state index contributed by atoms with van der Waals surface area (Å²) in [5, 5.41) is 0.0456. The van der Waals surface area contributed by atoms with Crippen molar-refractivity contribution in [2.24, 2.45) is 0 Å². The summed E-state index contributed by atoms with van der Waals surface area (Å²) in [5.74, 6) is -1.26. The van der Waals surface area contributed by atoms with Crippen molar-refractivity contribution < 1.29 is 22.4 Å². The predicted octanol–water partition coefficient (Wildman–Crippen LogP) is 4.51. The monoisotopic (exact) mass is 395 g/mol. The van der Waals surface area contributed by atoms with E-state index in [1.54, 1.807) is 24.3 Å². The number of halogens is 2. The Balaban J connectivity index is 1.71. The molecule has 2 aromatic carbocycles. The molecule has 146 valence electrons. The Morgan fingerprint density at radius 2 is 1.76 bits per heavy atom. The summed E-state index contributed by atoms with van der Waals surface area (Å²) in [6.07, 6.45) is 1.48. The van der Waals surface area contributed by atoms with E-state index < -0.39 is 23.0 Å². The number of fused-ring (bicyclic) bond motifs is 1. The van der Waals surface area contributed by atoms with E-state index in [1.807, 2.05) is 0 Å². The minimum absolute atomic E-state index is 0.0456. The normalized spacial score (nSPS) is 11.0. The highest BCUT2D eigenvalue weighted by Crippen LogP contribution is 2.18. The number of amides is 1. The highest BCUT2D eigenvalue weighted by Gasteiger charge is 2.22. The summed E-state index contributed by atoms with van der Waals surface area (Å²) in [5.41, 5.74) is 0.138. The summed E-state index contributed by atoms with van der Waals surface area (Å²) in [6.45, 7) is 0.163. The Morgan fingerprint density at radius 3 is 2.52 bits per heavy atom. The lowest BCUT2D eigenvalue weighted by atomic mass is 10.1. The maximum Gasteiger partial charge on any atom is 0.290 e. The van der Waals surface area contributed by atoms with Crippen molar-refractivity contribution in [3.05, 3.63) is 106 Å². The SMILES string of the molecule is O=C(c1cc(=O)c2cc(F)ccc2o1)N(Cc1cccc(F)c1)Cc1ccco1. The zero-order valence-corrected chi connectivity index (χ0v) is 15.1. The first-order valence-electron chi connectivity index (χ1n) is 8.79. The molecule has 0 saturated heterocycles. The third kappa shape index (κ3) is 4.08. The van der Waals surface area contributed by atoms with Crippen LogP contribution >= 0.6 is 0 Å². The number of furan rings is 1. The van der Waals surface area contributed by atoms with Crippen LogP contribution in [0.5, 0.6) is 0 Å². The van der Waals surface area contributed by atoms with Crippen LogP contribution in [0.2, 0.25) is 0 Å². The highest BCUT2D eigenvalue weighted by molar-refractivity contribution is 5.93. The molecule has 2 aromatic heterocycles. The van der Waals surface area contributed by atoms with E-state index in [-0.39, 0.29) is 29.8 Å². The number of hydrogen-bond acceptors (Lipinski definition) is 4. The molecule has 1 amide bonds. The zero-order chi connectivity index (χ0) is 20.4. The van der Waals surface area contributed by atoms with Gasteiger partial charge in [0.15, 0.2) is 11.2 Å². The molecule has 0 aliphatic heterocycles. The molecular formula is C22H15F2NO4. The Labute approximate surface area is 163 Å². The Kier molecular flexibility index (Phi) is 4.95. The summed E-state index contributed by atoms with van der Waals surface area (Å²) >= 11 is 0. The van der Waals surface area contributed by atoms with Crippen molar-refractivity contribution in [3.8, 4) is 0 Å². The fraction of sp³-hybridized carbons (Fsp3) is 0.0909. The number of carbonyl (C=O) groups excluding carboxylic acids is 1. The smallest absolute Gasteiger partial charge is 0.290 e. The van der Waals surface area contributed by atoms with Crippen LogP contribution in [0.3, 0.4) is 0 Å². The molecule has 0 bridgehead atoms. The van der Waals surface area contributed by atoms with Crippen LogP contribution in [0, 0.1) is 11.6 Å². The van der Waals surface area contributed by atoms with Crippen LogP contribution < -0.4 is 5.43 Å². The van der Waals surface area contributed by atoms with Gasteiger partial charge < -0.3 is 13.7 Å². The van der Waals surface area contributed by atoms with Gasteiger partial charge in [0.05, 0.1) is 18.2 Å². The molecule has 0 N–H and O–H groups in total. The van der Waals surface area contributed by atoms with Crippen molar-refractivity contribution in [1.29, 1.82) is 0 Å². The topological polar surface area (TPSA) is 63.7 Å². The summed E-state index contributed by atoms with van der Waals surface area (Å²) in [4.78, 5) is 26.8. The maximum atomic E-state index is 13.6. The largest absolute Gasteiger partial charge is 0.467 e. The van der Waals surface area contributed by atoms with E-state index in [0.717, 1.165) is 18.2 Å². The van der Waals surface area contributed by atoms with Gasteiger partial charge in [-0.1, -0.05) is 12.1 Å². The van der Waals surface area contributed by atoms with Gasteiger partial charge in [-0.05, 0) is 48.0 Å². The Bertz CT molecular complexity index is 1230. The quantitative estimate of drug-likeness (QED) is 0.499. The van der Waals surface area contributed by atoms with Gasteiger partial charge in [-0.25, -0.2) is 8.78 Å². The molecule has 4 aromatic rings. The van der Waals surface area contributed by atoms with Crippen LogP contribution in [-0.2, 0) is 13.1 Å². The van der Waals surface area contributed by atoms with Crippen LogP contribution in [0.25, 0.3) is 11.0 Å². The molecule has 0 aliphatic rings. The van der Waals surface area contributed by atoms with Crippen LogP contribution in [0.15, 0.2) is 80.6 Å². The average molecular weight is 395 g/mol. The second kappa shape index (κ2) is 7.71. The van der Waals surface area contributed by atoms with Gasteiger partial charge in [0, 0.05) is 12.6 Å². The van der Waals surface area contributed by atoms with Crippen molar-refractivity contribution >= 4 is 16.9 Å². The standard InChI is InChI=1S/C22H15F2NO4/c23-15-4-1-3-14(9-15)12-25(13-17-5-2-8-28-17)22(27)21-11-19(26)18-10-16(24)6-7-20(18)29-21/h1-11H,12-13H2. The third-order valence-electron chi connectivity index (χ3n) is 4.38. The maximum absolute atomic E-state index is 13.6. The molecule has 2 heterocycles. The van der Waals surface area contributed by atoms with E-state index >= 15 is 0 Å². The summed E-state index contributed by atoms with van der Waals surface area (Å²) < 4.78 is 37.8. The first-order valence-corrected chi connectivity index (χ1v) is 8.79. The lowest BCUT2D eigenvalue weighted by Gasteiger charge is -2.21. The molecule has 4 rings (SSSR count). The van der Waals surface area contributed by atoms with Gasteiger partial charge in [0.2, 0.25) is 0 Å². The van der Waals surface area contributed by atoms with Crippen molar-refractivity contribution in [1.82, 2.24) is 4.90 Å². The highest BCUT2D eigenvalue weighted by atomic mass is 19.1. The second-order valence-electron chi connectivity index (χ2n) is 6.49. The van der Waals surface area contributed by atoms with Gasteiger partial charge in [-0.2, -0.15) is 0 Å². The van der Waals surface area contributed by atoms with Gasteiger partial charge in [0.1, 0.15) is 23.0 Å². The molecule has 0 unspecified atom stereocenters. The van der Waals surface area contributed by atoms with E-state index in [0.29, 0.717) is 11.3 Å². The number of hydrogen-bond donors (Lipinski definition) is 0. The molecule has 0 spiro atoms. The molecule has 0 aliphatic carbocycles. The van der Waals surface area contributed by atoms with Crippen molar-refractivity contribution in [2.75, 3.05) is 0 Å². The zero-order valence-electron chi connectivity index (χ0n) is 15.1. The molecule has 7 heteroatoms. The number of carbonyl (C=O) groups is 1. The molecule has 0 atom stereocenters. The van der Waals surface area contributed by atoms with E-state index in [9.17, 15) is 18.4 Å². The third-order valence-corrected chi connectivity index (χ3v) is 4.38. The van der Waals surface area contributed by atoms with Crippen molar-refractivity contribution in [2.45, 2.75) is 13.1 Å². The van der Waals surface area contributed by atoms with Crippen LogP contribution in [-0.4, -0.2) is 10.8 Å². The molecule has 29 heavy (non-hydrogen) atoms. The molecule has 0 radical (unpaired) electrons. The lowest BCUT2D eigenvalue weighted by Crippen LogP contribution is -2.30. The molecule has 5 nitrogen and oxygen atoms in total. The number of benzene rings is 2. The fourth-order valence-electron chi connectivity index (χ4n) is 3.04. The van der Waals surface area contributed by atoms with E-state index in [2.05, 4.69) is 0 Å². The number of nitrogens with zero attached hydrogens (tertiary/aromatic N) is 1. The molecular weight excluding hydrogens is 380 g/mol. The number of rotatable bonds is 5. The average Bonchev–Trinajstić information content (AvgIpc) is 3.20. The van der Waals surface area contributed by atoms with Gasteiger partial charge in [-0.15, -0.1) is 0 Å². The first kappa shape index (κ1) is 18.6. The lowest BCUT2D eigenvalue weighted by molar-refractivity contribution is 0.0685.